The lowest BCUT2D eigenvalue weighted by atomic mass is 10.1. The summed E-state index contributed by atoms with van der Waals surface area (Å²) in [6.07, 6.45) is 0. The van der Waals surface area contributed by atoms with Gasteiger partial charge in [0.25, 0.3) is 5.78 Å². The molecular weight excluding hydrogens is 186 g/mol. The summed E-state index contributed by atoms with van der Waals surface area (Å²) in [6, 6.07) is 4.08. The van der Waals surface area contributed by atoms with Gasteiger partial charge in [-0.15, -0.1) is 0 Å². The molecule has 0 radical (unpaired) electrons. The molecule has 5 nitrogen and oxygen atoms in total. The molecule has 1 aromatic carbocycles. The number of carbonyl (C=O) groups is 2. The van der Waals surface area contributed by atoms with Crippen molar-refractivity contribution in [3.8, 4) is 5.75 Å². The molecule has 0 aliphatic rings. The highest BCUT2D eigenvalue weighted by Gasteiger charge is 2.15. The van der Waals surface area contributed by atoms with Crippen LogP contribution in [0.5, 0.6) is 5.75 Å². The van der Waals surface area contributed by atoms with E-state index in [0.717, 1.165) is 0 Å². The van der Waals surface area contributed by atoms with Crippen molar-refractivity contribution in [2.45, 2.75) is 0 Å². The fraction of sp³-hybridized carbons (Fsp3) is 0.111. The number of nitrogen functional groups attached to an aromatic ring is 1. The summed E-state index contributed by atoms with van der Waals surface area (Å²) in [5.74, 6) is -2.08. The topological polar surface area (TPSA) is 89.6 Å². The first-order valence-corrected chi connectivity index (χ1v) is 3.77. The minimum atomic E-state index is -1.51. The number of hydrogen-bond donors (Lipinski definition) is 2. The molecule has 0 amide bonds. The van der Waals surface area contributed by atoms with Gasteiger partial charge in [0.2, 0.25) is 0 Å². The van der Waals surface area contributed by atoms with Crippen molar-refractivity contribution in [1.29, 1.82) is 0 Å². The summed E-state index contributed by atoms with van der Waals surface area (Å²) in [4.78, 5) is 21.3. The van der Waals surface area contributed by atoms with Gasteiger partial charge < -0.3 is 15.6 Å². The van der Waals surface area contributed by atoms with Gasteiger partial charge in [0.05, 0.1) is 12.8 Å². The monoisotopic (exact) mass is 195 g/mol. The van der Waals surface area contributed by atoms with Crippen LogP contribution in [-0.4, -0.2) is 24.0 Å². The molecule has 74 valence electrons. The summed E-state index contributed by atoms with van der Waals surface area (Å²) in [6.45, 7) is 0. The third kappa shape index (κ3) is 1.82. The van der Waals surface area contributed by atoms with Gasteiger partial charge in [-0.25, -0.2) is 4.79 Å². The van der Waals surface area contributed by atoms with Crippen LogP contribution in [0.1, 0.15) is 10.4 Å². The highest BCUT2D eigenvalue weighted by molar-refractivity contribution is 6.40. The Balaban J connectivity index is 3.09. The molecule has 0 unspecified atom stereocenters. The van der Waals surface area contributed by atoms with Crippen LogP contribution in [0.4, 0.5) is 5.69 Å². The molecule has 0 saturated heterocycles. The molecule has 0 heterocycles. The van der Waals surface area contributed by atoms with E-state index >= 15 is 0 Å². The summed E-state index contributed by atoms with van der Waals surface area (Å²) >= 11 is 0. The van der Waals surface area contributed by atoms with E-state index in [4.69, 9.17) is 15.6 Å². The minimum Gasteiger partial charge on any atom is -0.495 e. The number of ketones is 1. The van der Waals surface area contributed by atoms with Crippen LogP contribution in [0.3, 0.4) is 0 Å². The Hall–Kier alpha value is -2.04. The molecule has 3 N–H and O–H groups in total. The smallest absolute Gasteiger partial charge is 0.377 e. The third-order valence-electron chi connectivity index (χ3n) is 1.69. The second kappa shape index (κ2) is 3.78. The zero-order valence-corrected chi connectivity index (χ0v) is 7.48. The summed E-state index contributed by atoms with van der Waals surface area (Å²) in [5.41, 5.74) is 5.77. The molecule has 1 rings (SSSR count). The van der Waals surface area contributed by atoms with Crippen molar-refractivity contribution in [2.75, 3.05) is 12.8 Å². The molecule has 0 aliphatic carbocycles. The largest absolute Gasteiger partial charge is 0.495 e. The number of methoxy groups -OCH3 is 1. The van der Waals surface area contributed by atoms with Gasteiger partial charge in [0, 0.05) is 5.56 Å². The molecule has 14 heavy (non-hydrogen) atoms. The zero-order valence-electron chi connectivity index (χ0n) is 7.48. The highest BCUT2D eigenvalue weighted by Crippen LogP contribution is 2.21. The van der Waals surface area contributed by atoms with Crippen LogP contribution in [0.25, 0.3) is 0 Å². The molecule has 0 aromatic heterocycles. The number of aliphatic carboxylic acids is 1. The summed E-state index contributed by atoms with van der Waals surface area (Å²) in [5, 5.41) is 8.43. The first-order valence-electron chi connectivity index (χ1n) is 3.77. The number of benzene rings is 1. The number of hydrogen-bond acceptors (Lipinski definition) is 4. The van der Waals surface area contributed by atoms with Gasteiger partial charge in [0.1, 0.15) is 5.75 Å². The van der Waals surface area contributed by atoms with Crippen molar-refractivity contribution >= 4 is 17.4 Å². The van der Waals surface area contributed by atoms with E-state index in [9.17, 15) is 9.59 Å². The van der Waals surface area contributed by atoms with E-state index in [1.807, 2.05) is 0 Å². The Kier molecular flexibility index (Phi) is 2.71. The molecule has 0 atom stereocenters. The van der Waals surface area contributed by atoms with Crippen LogP contribution >= 0.6 is 0 Å². The quantitative estimate of drug-likeness (QED) is 0.417. The van der Waals surface area contributed by atoms with Crippen LogP contribution in [0.2, 0.25) is 0 Å². The number of Topliss-reactive ketones (excluding diaryl/α,β-unsaturated/α-hetero) is 1. The summed E-state index contributed by atoms with van der Waals surface area (Å²) < 4.78 is 4.86. The lowest BCUT2D eigenvalue weighted by Gasteiger charge is -2.04. The molecule has 0 saturated carbocycles. The Morgan fingerprint density at radius 2 is 2.07 bits per heavy atom. The van der Waals surface area contributed by atoms with E-state index in [0.29, 0.717) is 5.75 Å². The second-order valence-corrected chi connectivity index (χ2v) is 2.59. The third-order valence-corrected chi connectivity index (χ3v) is 1.69. The number of carboxylic acids is 1. The van der Waals surface area contributed by atoms with Crippen molar-refractivity contribution in [2.24, 2.45) is 0 Å². The first kappa shape index (κ1) is 10.0. The van der Waals surface area contributed by atoms with Crippen LogP contribution in [0, 0.1) is 0 Å². The number of ether oxygens (including phenoxy) is 1. The highest BCUT2D eigenvalue weighted by atomic mass is 16.5. The van der Waals surface area contributed by atoms with Gasteiger partial charge in [-0.05, 0) is 18.2 Å². The molecule has 0 bridgehead atoms. The molecule has 0 aliphatic heterocycles. The fourth-order valence-electron chi connectivity index (χ4n) is 0.999. The van der Waals surface area contributed by atoms with Gasteiger partial charge in [-0.3, -0.25) is 4.79 Å². The molecule has 5 heteroatoms. The number of carbonyl (C=O) groups excluding carboxylic acids is 1. The number of rotatable bonds is 3. The van der Waals surface area contributed by atoms with E-state index in [-0.39, 0.29) is 11.3 Å². The van der Waals surface area contributed by atoms with Crippen molar-refractivity contribution < 1.29 is 19.4 Å². The minimum absolute atomic E-state index is 0.0378. The van der Waals surface area contributed by atoms with Gasteiger partial charge in [-0.2, -0.15) is 0 Å². The van der Waals surface area contributed by atoms with Crippen molar-refractivity contribution in [3.63, 3.8) is 0 Å². The molecule has 0 fully saturated rings. The molecule has 1 aromatic rings. The van der Waals surface area contributed by atoms with E-state index in [1.54, 1.807) is 0 Å². The maximum absolute atomic E-state index is 11.0. The van der Waals surface area contributed by atoms with E-state index < -0.39 is 11.8 Å². The van der Waals surface area contributed by atoms with Crippen molar-refractivity contribution in [3.05, 3.63) is 23.8 Å². The Morgan fingerprint density at radius 1 is 1.43 bits per heavy atom. The maximum Gasteiger partial charge on any atom is 0.377 e. The zero-order chi connectivity index (χ0) is 10.7. The van der Waals surface area contributed by atoms with Crippen LogP contribution in [-0.2, 0) is 4.79 Å². The Bertz CT molecular complexity index is 386. The SMILES string of the molecule is COc1ccc(C(=O)C(=O)O)cc1N. The van der Waals surface area contributed by atoms with Crippen LogP contribution < -0.4 is 10.5 Å². The average molecular weight is 195 g/mol. The Labute approximate surface area is 80.1 Å². The molecular formula is C9H9NO4. The number of anilines is 1. The lowest BCUT2D eigenvalue weighted by molar-refractivity contribution is -0.131. The predicted molar refractivity (Wildman–Crippen MR) is 49.4 cm³/mol. The second-order valence-electron chi connectivity index (χ2n) is 2.59. The summed E-state index contributed by atoms with van der Waals surface area (Å²) in [7, 11) is 1.43. The first-order chi connectivity index (χ1) is 6.56. The van der Waals surface area contributed by atoms with E-state index in [2.05, 4.69) is 0 Å². The van der Waals surface area contributed by atoms with Gasteiger partial charge in [0.15, 0.2) is 0 Å². The normalized spacial score (nSPS) is 9.50. The van der Waals surface area contributed by atoms with Gasteiger partial charge in [-0.1, -0.05) is 0 Å². The van der Waals surface area contributed by atoms with Crippen molar-refractivity contribution in [1.82, 2.24) is 0 Å². The Morgan fingerprint density at radius 3 is 2.50 bits per heavy atom. The number of carboxylic acid groups (broad SMARTS) is 1. The van der Waals surface area contributed by atoms with E-state index in [1.165, 1.54) is 25.3 Å². The van der Waals surface area contributed by atoms with Crippen LogP contribution in [0.15, 0.2) is 18.2 Å². The average Bonchev–Trinajstić information content (AvgIpc) is 2.16. The predicted octanol–water partition coefficient (Wildman–Crippen LogP) is 0.545. The standard InChI is InChI=1S/C9H9NO4/c1-14-7-3-2-5(4-6(7)10)8(11)9(12)13/h2-4H,10H2,1H3,(H,12,13). The molecule has 0 spiro atoms. The maximum atomic E-state index is 11.0. The lowest BCUT2D eigenvalue weighted by Crippen LogP contribution is -2.12. The number of nitrogens with two attached hydrogens (primary N) is 1. The van der Waals surface area contributed by atoms with Gasteiger partial charge >= 0.3 is 5.97 Å². The fourth-order valence-corrected chi connectivity index (χ4v) is 0.999.